The lowest BCUT2D eigenvalue weighted by atomic mass is 10.1. The molecule has 0 spiro atoms. The van der Waals surface area contributed by atoms with Gasteiger partial charge in [0.15, 0.2) is 6.61 Å². The predicted molar refractivity (Wildman–Crippen MR) is 128 cm³/mol. The van der Waals surface area contributed by atoms with E-state index in [1.807, 2.05) is 0 Å². The molecule has 8 nitrogen and oxygen atoms in total. The average molecular weight is 460 g/mol. The van der Waals surface area contributed by atoms with E-state index in [0.717, 1.165) is 12.8 Å². The topological polar surface area (TPSA) is 106 Å². The van der Waals surface area contributed by atoms with E-state index in [4.69, 9.17) is 9.47 Å². The van der Waals surface area contributed by atoms with Crippen molar-refractivity contribution in [2.24, 2.45) is 0 Å². The van der Waals surface area contributed by atoms with Crippen LogP contribution in [0.15, 0.2) is 72.8 Å². The fourth-order valence-corrected chi connectivity index (χ4v) is 3.19. The third-order valence-corrected chi connectivity index (χ3v) is 5.14. The van der Waals surface area contributed by atoms with Crippen LogP contribution in [-0.4, -0.2) is 37.5 Å². The van der Waals surface area contributed by atoms with E-state index in [9.17, 15) is 14.4 Å². The van der Waals surface area contributed by atoms with Gasteiger partial charge in [-0.1, -0.05) is 12.1 Å². The minimum Gasteiger partial charge on any atom is -0.497 e. The van der Waals surface area contributed by atoms with Crippen molar-refractivity contribution in [2.45, 2.75) is 18.9 Å². The molecule has 8 heteroatoms. The van der Waals surface area contributed by atoms with Crippen molar-refractivity contribution in [1.29, 1.82) is 0 Å². The van der Waals surface area contributed by atoms with E-state index >= 15 is 0 Å². The van der Waals surface area contributed by atoms with E-state index in [1.54, 1.807) is 79.9 Å². The van der Waals surface area contributed by atoms with Crippen LogP contribution in [0.2, 0.25) is 0 Å². The van der Waals surface area contributed by atoms with Crippen LogP contribution < -0.4 is 25.4 Å². The molecule has 0 bridgehead atoms. The van der Waals surface area contributed by atoms with Crippen LogP contribution in [0, 0.1) is 0 Å². The van der Waals surface area contributed by atoms with Gasteiger partial charge in [-0.05, 0) is 67.4 Å². The second-order valence-corrected chi connectivity index (χ2v) is 7.88. The van der Waals surface area contributed by atoms with Gasteiger partial charge in [0.1, 0.15) is 11.5 Å². The number of nitrogens with one attached hydrogen (secondary N) is 3. The molecule has 1 aliphatic carbocycles. The third kappa shape index (κ3) is 6.35. The summed E-state index contributed by atoms with van der Waals surface area (Å²) in [6, 6.07) is 20.5. The van der Waals surface area contributed by atoms with Crippen LogP contribution in [0.25, 0.3) is 0 Å². The Morgan fingerprint density at radius 2 is 1.50 bits per heavy atom. The number of anilines is 2. The van der Waals surface area contributed by atoms with E-state index in [-0.39, 0.29) is 30.4 Å². The fourth-order valence-electron chi connectivity index (χ4n) is 3.19. The van der Waals surface area contributed by atoms with Crippen LogP contribution in [0.3, 0.4) is 0 Å². The lowest BCUT2D eigenvalue weighted by Gasteiger charge is -2.10. The van der Waals surface area contributed by atoms with Crippen molar-refractivity contribution < 1.29 is 23.9 Å². The van der Waals surface area contributed by atoms with E-state index in [2.05, 4.69) is 16.0 Å². The van der Waals surface area contributed by atoms with Crippen molar-refractivity contribution in [3.05, 3.63) is 83.9 Å². The standard InChI is InChI=1S/C26H25N3O5/c1-33-23-7-3-6-21(15-23)27-24(30)16-34-22-12-8-17(9-13-22)25(31)29-20-5-2-4-18(14-20)26(32)28-19-10-11-19/h2-9,12-15,19H,10-11,16H2,1H3,(H,27,30)(H,28,32)(H,29,31). The zero-order valence-corrected chi connectivity index (χ0v) is 18.7. The zero-order chi connectivity index (χ0) is 23.9. The van der Waals surface area contributed by atoms with Crippen molar-refractivity contribution in [3.63, 3.8) is 0 Å². The van der Waals surface area contributed by atoms with Gasteiger partial charge in [-0.3, -0.25) is 14.4 Å². The molecule has 0 radical (unpaired) electrons. The molecule has 3 aromatic carbocycles. The van der Waals surface area contributed by atoms with Crippen LogP contribution in [0.5, 0.6) is 11.5 Å². The van der Waals surface area contributed by atoms with Gasteiger partial charge in [0, 0.05) is 34.6 Å². The van der Waals surface area contributed by atoms with Gasteiger partial charge in [0.05, 0.1) is 7.11 Å². The summed E-state index contributed by atoms with van der Waals surface area (Å²) in [6.07, 6.45) is 2.02. The summed E-state index contributed by atoms with van der Waals surface area (Å²) in [5.74, 6) is 0.315. The Balaban J connectivity index is 1.28. The summed E-state index contributed by atoms with van der Waals surface area (Å²) in [5.41, 5.74) is 2.05. The molecule has 0 atom stereocenters. The normalized spacial score (nSPS) is 12.4. The number of ether oxygens (including phenoxy) is 2. The van der Waals surface area contributed by atoms with Gasteiger partial charge in [-0.25, -0.2) is 0 Å². The van der Waals surface area contributed by atoms with Crippen LogP contribution in [0.4, 0.5) is 11.4 Å². The molecule has 0 heterocycles. The number of rotatable bonds is 9. The van der Waals surface area contributed by atoms with Gasteiger partial charge < -0.3 is 25.4 Å². The molecule has 0 saturated heterocycles. The van der Waals surface area contributed by atoms with Gasteiger partial charge in [-0.15, -0.1) is 0 Å². The molecule has 1 fully saturated rings. The van der Waals surface area contributed by atoms with E-state index in [1.165, 1.54) is 0 Å². The summed E-state index contributed by atoms with van der Waals surface area (Å²) < 4.78 is 10.6. The Hall–Kier alpha value is -4.33. The molecule has 0 unspecified atom stereocenters. The lowest BCUT2D eigenvalue weighted by molar-refractivity contribution is -0.118. The smallest absolute Gasteiger partial charge is 0.262 e. The van der Waals surface area contributed by atoms with Gasteiger partial charge in [0.25, 0.3) is 17.7 Å². The first kappa shape index (κ1) is 22.8. The molecule has 3 N–H and O–H groups in total. The molecule has 1 aliphatic rings. The van der Waals surface area contributed by atoms with Crippen molar-refractivity contribution in [3.8, 4) is 11.5 Å². The van der Waals surface area contributed by atoms with E-state index < -0.39 is 0 Å². The average Bonchev–Trinajstić information content (AvgIpc) is 3.67. The van der Waals surface area contributed by atoms with Crippen molar-refractivity contribution in [2.75, 3.05) is 24.4 Å². The second-order valence-electron chi connectivity index (χ2n) is 7.88. The number of carbonyl (C=O) groups excluding carboxylic acids is 3. The first-order chi connectivity index (χ1) is 16.5. The minimum absolute atomic E-state index is 0.143. The maximum Gasteiger partial charge on any atom is 0.262 e. The van der Waals surface area contributed by atoms with Crippen molar-refractivity contribution >= 4 is 29.1 Å². The first-order valence-electron chi connectivity index (χ1n) is 10.9. The highest BCUT2D eigenvalue weighted by molar-refractivity contribution is 6.05. The summed E-state index contributed by atoms with van der Waals surface area (Å²) in [7, 11) is 1.56. The number of amides is 3. The molecule has 0 aromatic heterocycles. The molecular weight excluding hydrogens is 434 g/mol. The molecular formula is C26H25N3O5. The maximum atomic E-state index is 12.6. The van der Waals surface area contributed by atoms with Crippen LogP contribution in [0.1, 0.15) is 33.6 Å². The summed E-state index contributed by atoms with van der Waals surface area (Å²) in [4.78, 5) is 36.9. The predicted octanol–water partition coefficient (Wildman–Crippen LogP) is 3.86. The van der Waals surface area contributed by atoms with Crippen molar-refractivity contribution in [1.82, 2.24) is 5.32 Å². The second kappa shape index (κ2) is 10.5. The third-order valence-electron chi connectivity index (χ3n) is 5.14. The van der Waals surface area contributed by atoms with Gasteiger partial charge in [0.2, 0.25) is 0 Å². The maximum absolute atomic E-state index is 12.6. The SMILES string of the molecule is COc1cccc(NC(=O)COc2ccc(C(=O)Nc3cccc(C(=O)NC4CC4)c3)cc2)c1. The highest BCUT2D eigenvalue weighted by Crippen LogP contribution is 2.21. The molecule has 34 heavy (non-hydrogen) atoms. The van der Waals surface area contributed by atoms with Crippen LogP contribution >= 0.6 is 0 Å². The number of benzene rings is 3. The van der Waals surface area contributed by atoms with E-state index in [0.29, 0.717) is 34.0 Å². The quantitative estimate of drug-likeness (QED) is 0.451. The molecule has 0 aliphatic heterocycles. The number of carbonyl (C=O) groups is 3. The molecule has 3 amide bonds. The molecule has 1 saturated carbocycles. The highest BCUT2D eigenvalue weighted by Gasteiger charge is 2.23. The Morgan fingerprint density at radius 3 is 2.21 bits per heavy atom. The first-order valence-corrected chi connectivity index (χ1v) is 10.9. The fraction of sp³-hybridized carbons (Fsp3) is 0.192. The Bertz CT molecular complexity index is 1190. The van der Waals surface area contributed by atoms with Crippen LogP contribution in [-0.2, 0) is 4.79 Å². The number of methoxy groups -OCH3 is 1. The highest BCUT2D eigenvalue weighted by atomic mass is 16.5. The summed E-state index contributed by atoms with van der Waals surface area (Å²) in [5, 5.41) is 8.46. The monoisotopic (exact) mass is 459 g/mol. The zero-order valence-electron chi connectivity index (χ0n) is 18.7. The lowest BCUT2D eigenvalue weighted by Crippen LogP contribution is -2.25. The largest absolute Gasteiger partial charge is 0.497 e. The molecule has 4 rings (SSSR count). The molecule has 3 aromatic rings. The van der Waals surface area contributed by atoms with Gasteiger partial charge >= 0.3 is 0 Å². The Kier molecular flexibility index (Phi) is 7.07. The Labute approximate surface area is 197 Å². The molecule has 174 valence electrons. The summed E-state index contributed by atoms with van der Waals surface area (Å²) in [6.45, 7) is -0.182. The Morgan fingerprint density at radius 1 is 0.794 bits per heavy atom. The number of hydrogen-bond donors (Lipinski definition) is 3. The summed E-state index contributed by atoms with van der Waals surface area (Å²) >= 11 is 0. The minimum atomic E-state index is -0.319. The number of hydrogen-bond acceptors (Lipinski definition) is 5. The van der Waals surface area contributed by atoms with Gasteiger partial charge in [-0.2, -0.15) is 0 Å².